The van der Waals surface area contributed by atoms with E-state index in [0.717, 1.165) is 5.69 Å². The molecule has 0 aromatic heterocycles. The maximum Gasteiger partial charge on any atom is 0.408 e. The number of rotatable bonds is 6. The van der Waals surface area contributed by atoms with E-state index in [2.05, 4.69) is 32.6 Å². The minimum Gasteiger partial charge on any atom is -0.444 e. The van der Waals surface area contributed by atoms with Crippen molar-refractivity contribution in [3.8, 4) is 6.07 Å². The normalized spacial score (nSPS) is 12.2. The van der Waals surface area contributed by atoms with Crippen LogP contribution in [-0.4, -0.2) is 38.0 Å². The van der Waals surface area contributed by atoms with E-state index in [0.29, 0.717) is 23.2 Å². The molecular weight excluding hydrogens is 362 g/mol. The van der Waals surface area contributed by atoms with Crippen LogP contribution in [0.15, 0.2) is 22.7 Å². The molecule has 0 aliphatic rings. The largest absolute Gasteiger partial charge is 0.444 e. The lowest BCUT2D eigenvalue weighted by Gasteiger charge is -2.23. The first-order chi connectivity index (χ1) is 10.7. The van der Waals surface area contributed by atoms with Crippen molar-refractivity contribution < 1.29 is 14.3 Å². The van der Waals surface area contributed by atoms with Crippen LogP contribution in [0.25, 0.3) is 0 Å². The van der Waals surface area contributed by atoms with Crippen molar-refractivity contribution in [1.29, 1.82) is 5.26 Å². The lowest BCUT2D eigenvalue weighted by Crippen LogP contribution is -2.45. The summed E-state index contributed by atoms with van der Waals surface area (Å²) in [5.41, 5.74) is 0.853. The number of methoxy groups -OCH3 is 1. The summed E-state index contributed by atoms with van der Waals surface area (Å²) in [4.78, 5) is 11.8. The Hall–Kier alpha value is -1.78. The molecule has 0 radical (unpaired) electrons. The summed E-state index contributed by atoms with van der Waals surface area (Å²) >= 11 is 3.34. The molecule has 2 N–H and O–H groups in total. The minimum absolute atomic E-state index is 0.246. The standard InChI is InChI=1S/C16H22BrN3O3/c1-16(2,3)23-15(21)20-13(10-22-4)9-19-12-6-5-11(8-18)14(17)7-12/h5-7,13,19H,9-10H2,1-4H3,(H,20,21). The Kier molecular flexibility index (Phi) is 7.33. The van der Waals surface area contributed by atoms with Crippen LogP contribution in [0.1, 0.15) is 26.3 Å². The summed E-state index contributed by atoms with van der Waals surface area (Å²) in [6.07, 6.45) is -0.484. The molecule has 0 bridgehead atoms. The first-order valence-corrected chi connectivity index (χ1v) is 7.96. The number of nitriles is 1. The highest BCUT2D eigenvalue weighted by atomic mass is 79.9. The van der Waals surface area contributed by atoms with Gasteiger partial charge in [0.05, 0.1) is 18.2 Å². The molecule has 1 amide bonds. The van der Waals surface area contributed by atoms with Crippen LogP contribution in [0.3, 0.4) is 0 Å². The Morgan fingerprint density at radius 1 is 1.43 bits per heavy atom. The van der Waals surface area contributed by atoms with Crippen LogP contribution in [-0.2, 0) is 9.47 Å². The Morgan fingerprint density at radius 2 is 2.13 bits per heavy atom. The number of ether oxygens (including phenoxy) is 2. The molecule has 0 aliphatic carbocycles. The SMILES string of the molecule is COCC(CNc1ccc(C#N)c(Br)c1)NC(=O)OC(C)(C)C. The summed E-state index contributed by atoms with van der Waals surface area (Å²) in [6.45, 7) is 6.24. The minimum atomic E-state index is -0.548. The van der Waals surface area contributed by atoms with Crippen LogP contribution < -0.4 is 10.6 Å². The molecule has 0 saturated heterocycles. The highest BCUT2D eigenvalue weighted by molar-refractivity contribution is 9.10. The van der Waals surface area contributed by atoms with Crippen LogP contribution in [0.4, 0.5) is 10.5 Å². The van der Waals surface area contributed by atoms with Crippen molar-refractivity contribution in [2.24, 2.45) is 0 Å². The average molecular weight is 384 g/mol. The second kappa shape index (κ2) is 8.75. The molecule has 126 valence electrons. The predicted molar refractivity (Wildman–Crippen MR) is 92.4 cm³/mol. The zero-order chi connectivity index (χ0) is 17.5. The lowest BCUT2D eigenvalue weighted by atomic mass is 10.2. The van der Waals surface area contributed by atoms with Gasteiger partial charge in [-0.2, -0.15) is 5.26 Å². The Labute approximate surface area is 145 Å². The zero-order valence-corrected chi connectivity index (χ0v) is 15.4. The van der Waals surface area contributed by atoms with Crippen LogP contribution >= 0.6 is 15.9 Å². The molecule has 0 spiro atoms. The molecule has 0 heterocycles. The molecule has 0 aliphatic heterocycles. The number of hydrogen-bond donors (Lipinski definition) is 2. The van der Waals surface area contributed by atoms with Gasteiger partial charge < -0.3 is 20.1 Å². The van der Waals surface area contributed by atoms with Crippen LogP contribution in [0.2, 0.25) is 0 Å². The molecule has 23 heavy (non-hydrogen) atoms. The monoisotopic (exact) mass is 383 g/mol. The third-order valence-electron chi connectivity index (χ3n) is 2.73. The zero-order valence-electron chi connectivity index (χ0n) is 13.8. The Morgan fingerprint density at radius 3 is 2.65 bits per heavy atom. The number of hydrogen-bond acceptors (Lipinski definition) is 5. The number of halogens is 1. The van der Waals surface area contributed by atoms with E-state index in [1.807, 2.05) is 26.8 Å². The van der Waals surface area contributed by atoms with Gasteiger partial charge >= 0.3 is 6.09 Å². The van der Waals surface area contributed by atoms with E-state index in [1.54, 1.807) is 19.2 Å². The van der Waals surface area contributed by atoms with Crippen LogP contribution in [0.5, 0.6) is 0 Å². The van der Waals surface area contributed by atoms with Gasteiger partial charge in [0.1, 0.15) is 11.7 Å². The van der Waals surface area contributed by atoms with E-state index in [9.17, 15) is 4.79 Å². The fourth-order valence-corrected chi connectivity index (χ4v) is 2.25. The molecule has 1 atom stereocenters. The summed E-state index contributed by atoms with van der Waals surface area (Å²) in [5.74, 6) is 0. The van der Waals surface area contributed by atoms with Crippen LogP contribution in [0, 0.1) is 11.3 Å². The fraction of sp³-hybridized carbons (Fsp3) is 0.500. The number of carbonyl (C=O) groups excluding carboxylic acids is 1. The van der Waals surface area contributed by atoms with E-state index in [4.69, 9.17) is 14.7 Å². The average Bonchev–Trinajstić information content (AvgIpc) is 2.43. The van der Waals surface area contributed by atoms with Gasteiger partial charge in [-0.15, -0.1) is 0 Å². The maximum atomic E-state index is 11.8. The third-order valence-corrected chi connectivity index (χ3v) is 3.39. The maximum absolute atomic E-state index is 11.8. The van der Waals surface area contributed by atoms with Crippen molar-refractivity contribution in [1.82, 2.24) is 5.32 Å². The fourth-order valence-electron chi connectivity index (χ4n) is 1.78. The van der Waals surface area contributed by atoms with Crippen molar-refractivity contribution in [2.45, 2.75) is 32.4 Å². The molecule has 0 fully saturated rings. The van der Waals surface area contributed by atoms with Crippen molar-refractivity contribution in [3.05, 3.63) is 28.2 Å². The second-order valence-electron chi connectivity index (χ2n) is 5.99. The third kappa shape index (κ3) is 7.35. The molecule has 7 heteroatoms. The molecular formula is C16H22BrN3O3. The predicted octanol–water partition coefficient (Wildman–Crippen LogP) is 3.27. The van der Waals surface area contributed by atoms with E-state index >= 15 is 0 Å². The summed E-state index contributed by atoms with van der Waals surface area (Å²) in [7, 11) is 1.57. The van der Waals surface area contributed by atoms with Gasteiger partial charge in [0.15, 0.2) is 0 Å². The van der Waals surface area contributed by atoms with Gasteiger partial charge in [0.2, 0.25) is 0 Å². The topological polar surface area (TPSA) is 83.4 Å². The lowest BCUT2D eigenvalue weighted by molar-refractivity contribution is 0.0474. The second-order valence-corrected chi connectivity index (χ2v) is 6.84. The van der Waals surface area contributed by atoms with Crippen molar-refractivity contribution in [3.63, 3.8) is 0 Å². The van der Waals surface area contributed by atoms with Gasteiger partial charge in [-0.3, -0.25) is 0 Å². The van der Waals surface area contributed by atoms with Gasteiger partial charge in [-0.25, -0.2) is 4.79 Å². The molecule has 1 rings (SSSR count). The summed E-state index contributed by atoms with van der Waals surface area (Å²) in [5, 5.41) is 14.9. The molecule has 1 unspecified atom stereocenters. The number of benzene rings is 1. The number of amides is 1. The highest BCUT2D eigenvalue weighted by Crippen LogP contribution is 2.20. The summed E-state index contributed by atoms with van der Waals surface area (Å²) in [6, 6.07) is 7.18. The Bertz CT molecular complexity index is 579. The number of anilines is 1. The van der Waals surface area contributed by atoms with Crippen molar-refractivity contribution >= 4 is 27.7 Å². The van der Waals surface area contributed by atoms with E-state index in [1.165, 1.54) is 0 Å². The number of carbonyl (C=O) groups is 1. The highest BCUT2D eigenvalue weighted by Gasteiger charge is 2.19. The number of alkyl carbamates (subject to hydrolysis) is 1. The summed E-state index contributed by atoms with van der Waals surface area (Å²) < 4.78 is 11.1. The molecule has 1 aromatic carbocycles. The van der Waals surface area contributed by atoms with E-state index < -0.39 is 11.7 Å². The van der Waals surface area contributed by atoms with Gasteiger partial charge in [-0.05, 0) is 54.9 Å². The van der Waals surface area contributed by atoms with Gasteiger partial charge in [0, 0.05) is 23.8 Å². The Balaban J connectivity index is 2.61. The molecule has 0 saturated carbocycles. The number of nitrogens with one attached hydrogen (secondary N) is 2. The quantitative estimate of drug-likeness (QED) is 0.787. The van der Waals surface area contributed by atoms with Gasteiger partial charge in [0.25, 0.3) is 0 Å². The first-order valence-electron chi connectivity index (χ1n) is 7.17. The van der Waals surface area contributed by atoms with E-state index in [-0.39, 0.29) is 6.04 Å². The van der Waals surface area contributed by atoms with Gasteiger partial charge in [-0.1, -0.05) is 0 Å². The van der Waals surface area contributed by atoms with Crippen molar-refractivity contribution in [2.75, 3.05) is 25.6 Å². The smallest absolute Gasteiger partial charge is 0.408 e. The first kappa shape index (κ1) is 19.3. The number of nitrogens with zero attached hydrogens (tertiary/aromatic N) is 1. The molecule has 1 aromatic rings. The molecule has 6 nitrogen and oxygen atoms in total.